The number of aromatic nitrogens is 2. The molecule has 0 amide bonds. The van der Waals surface area contributed by atoms with Crippen molar-refractivity contribution in [1.29, 1.82) is 0 Å². The minimum absolute atomic E-state index is 0.763. The average Bonchev–Trinajstić information content (AvgIpc) is 2.76. The summed E-state index contributed by atoms with van der Waals surface area (Å²) in [6.07, 6.45) is 3.59. The van der Waals surface area contributed by atoms with E-state index in [-0.39, 0.29) is 0 Å². The van der Waals surface area contributed by atoms with Gasteiger partial charge in [-0.25, -0.2) is 4.98 Å². The van der Waals surface area contributed by atoms with Gasteiger partial charge in [0, 0.05) is 19.5 Å². The molecule has 3 rings (SSSR count). The SMILES string of the molecule is COc1ccc2nc(CC3CCNCC3)n(C)c2c1. The van der Waals surface area contributed by atoms with Crippen LogP contribution >= 0.6 is 0 Å². The molecule has 1 aliphatic heterocycles. The molecule has 0 atom stereocenters. The Hall–Kier alpha value is -1.55. The van der Waals surface area contributed by atoms with Gasteiger partial charge < -0.3 is 14.6 Å². The molecule has 0 bridgehead atoms. The number of methoxy groups -OCH3 is 1. The predicted octanol–water partition coefficient (Wildman–Crippen LogP) is 2.12. The molecule has 0 radical (unpaired) electrons. The third-order valence-corrected chi connectivity index (χ3v) is 4.11. The number of fused-ring (bicyclic) bond motifs is 1. The van der Waals surface area contributed by atoms with Crippen molar-refractivity contribution in [1.82, 2.24) is 14.9 Å². The Morgan fingerprint density at radius 3 is 2.89 bits per heavy atom. The van der Waals surface area contributed by atoms with Crippen molar-refractivity contribution < 1.29 is 4.74 Å². The van der Waals surface area contributed by atoms with Gasteiger partial charge in [-0.15, -0.1) is 0 Å². The molecule has 1 aromatic heterocycles. The Morgan fingerprint density at radius 2 is 2.16 bits per heavy atom. The zero-order chi connectivity index (χ0) is 13.2. The normalized spacial score (nSPS) is 16.9. The van der Waals surface area contributed by atoms with E-state index in [1.165, 1.54) is 18.7 Å². The first kappa shape index (κ1) is 12.5. The number of rotatable bonds is 3. The molecule has 0 aliphatic carbocycles. The molecule has 102 valence electrons. The Morgan fingerprint density at radius 1 is 1.37 bits per heavy atom. The first-order chi connectivity index (χ1) is 9.28. The lowest BCUT2D eigenvalue weighted by Crippen LogP contribution is -2.29. The molecule has 4 heteroatoms. The number of piperidine rings is 1. The summed E-state index contributed by atoms with van der Waals surface area (Å²) in [6.45, 7) is 2.28. The summed E-state index contributed by atoms with van der Waals surface area (Å²) >= 11 is 0. The van der Waals surface area contributed by atoms with Crippen LogP contribution in [0.3, 0.4) is 0 Å². The Bertz CT molecular complexity index is 570. The van der Waals surface area contributed by atoms with Crippen molar-refractivity contribution in [3.05, 3.63) is 24.0 Å². The van der Waals surface area contributed by atoms with Crippen LogP contribution in [0.15, 0.2) is 18.2 Å². The van der Waals surface area contributed by atoms with Crippen molar-refractivity contribution in [2.45, 2.75) is 19.3 Å². The third kappa shape index (κ3) is 2.45. The molecule has 0 unspecified atom stereocenters. The number of benzene rings is 1. The summed E-state index contributed by atoms with van der Waals surface area (Å²) in [4.78, 5) is 4.77. The first-order valence-corrected chi connectivity index (χ1v) is 6.98. The topological polar surface area (TPSA) is 39.1 Å². The first-order valence-electron chi connectivity index (χ1n) is 6.98. The minimum atomic E-state index is 0.763. The molecule has 1 N–H and O–H groups in total. The van der Waals surface area contributed by atoms with Gasteiger partial charge in [-0.1, -0.05) is 0 Å². The van der Waals surface area contributed by atoms with Crippen LogP contribution in [0.2, 0.25) is 0 Å². The third-order valence-electron chi connectivity index (χ3n) is 4.11. The van der Waals surface area contributed by atoms with Gasteiger partial charge in [-0.2, -0.15) is 0 Å². The van der Waals surface area contributed by atoms with Crippen molar-refractivity contribution in [3.8, 4) is 5.75 Å². The molecule has 4 nitrogen and oxygen atoms in total. The Balaban J connectivity index is 1.88. The van der Waals surface area contributed by atoms with Gasteiger partial charge in [0.05, 0.1) is 18.1 Å². The maximum atomic E-state index is 5.29. The molecule has 1 aliphatic rings. The monoisotopic (exact) mass is 259 g/mol. The number of nitrogens with zero attached hydrogens (tertiary/aromatic N) is 2. The number of nitrogens with one attached hydrogen (secondary N) is 1. The highest BCUT2D eigenvalue weighted by atomic mass is 16.5. The smallest absolute Gasteiger partial charge is 0.121 e. The lowest BCUT2D eigenvalue weighted by atomic mass is 9.94. The quantitative estimate of drug-likeness (QED) is 0.917. The summed E-state index contributed by atoms with van der Waals surface area (Å²) in [5.41, 5.74) is 2.22. The fourth-order valence-corrected chi connectivity index (χ4v) is 2.87. The fourth-order valence-electron chi connectivity index (χ4n) is 2.87. The fraction of sp³-hybridized carbons (Fsp3) is 0.533. The van der Waals surface area contributed by atoms with Crippen LogP contribution < -0.4 is 10.1 Å². The maximum absolute atomic E-state index is 5.29. The highest BCUT2D eigenvalue weighted by molar-refractivity contribution is 5.77. The zero-order valence-corrected chi connectivity index (χ0v) is 11.6. The van der Waals surface area contributed by atoms with Gasteiger partial charge in [-0.3, -0.25) is 0 Å². The molecule has 1 aromatic carbocycles. The Labute approximate surface area is 113 Å². The molecule has 0 saturated carbocycles. The molecule has 1 fully saturated rings. The summed E-state index contributed by atoms with van der Waals surface area (Å²) in [5.74, 6) is 2.85. The standard InChI is InChI=1S/C15H21N3O/c1-18-14-10-12(19-2)3-4-13(14)17-15(18)9-11-5-7-16-8-6-11/h3-4,10-11,16H,5-9H2,1-2H3. The summed E-state index contributed by atoms with van der Waals surface area (Å²) in [5, 5.41) is 3.41. The van der Waals surface area contributed by atoms with E-state index in [0.29, 0.717) is 0 Å². The number of hydrogen-bond acceptors (Lipinski definition) is 3. The number of hydrogen-bond donors (Lipinski definition) is 1. The Kier molecular flexibility index (Phi) is 3.42. The van der Waals surface area contributed by atoms with Crippen molar-refractivity contribution in [2.24, 2.45) is 13.0 Å². The number of ether oxygens (including phenoxy) is 1. The van der Waals surface area contributed by atoms with E-state index >= 15 is 0 Å². The summed E-state index contributed by atoms with van der Waals surface area (Å²) in [6, 6.07) is 6.08. The van der Waals surface area contributed by atoms with Gasteiger partial charge in [-0.05, 0) is 44.0 Å². The molecule has 1 saturated heterocycles. The molecule has 19 heavy (non-hydrogen) atoms. The van der Waals surface area contributed by atoms with Crippen LogP contribution in [0.25, 0.3) is 11.0 Å². The van der Waals surface area contributed by atoms with Gasteiger partial charge in [0.25, 0.3) is 0 Å². The minimum Gasteiger partial charge on any atom is -0.497 e. The van der Waals surface area contributed by atoms with E-state index < -0.39 is 0 Å². The van der Waals surface area contributed by atoms with E-state index in [0.717, 1.165) is 42.2 Å². The lowest BCUT2D eigenvalue weighted by molar-refractivity contribution is 0.365. The lowest BCUT2D eigenvalue weighted by Gasteiger charge is -2.22. The second-order valence-electron chi connectivity index (χ2n) is 5.34. The van der Waals surface area contributed by atoms with Gasteiger partial charge in [0.15, 0.2) is 0 Å². The largest absolute Gasteiger partial charge is 0.497 e. The summed E-state index contributed by atoms with van der Waals surface area (Å²) in [7, 11) is 3.80. The predicted molar refractivity (Wildman–Crippen MR) is 76.6 cm³/mol. The molecule has 2 aromatic rings. The van der Waals surface area contributed by atoms with Crippen molar-refractivity contribution in [2.75, 3.05) is 20.2 Å². The molecular weight excluding hydrogens is 238 g/mol. The van der Waals surface area contributed by atoms with Gasteiger partial charge >= 0.3 is 0 Å². The molecular formula is C15H21N3O. The zero-order valence-electron chi connectivity index (χ0n) is 11.6. The second-order valence-corrected chi connectivity index (χ2v) is 5.34. The highest BCUT2D eigenvalue weighted by Crippen LogP contribution is 2.24. The van der Waals surface area contributed by atoms with Gasteiger partial charge in [0.2, 0.25) is 0 Å². The maximum Gasteiger partial charge on any atom is 0.121 e. The van der Waals surface area contributed by atoms with E-state index in [1.54, 1.807) is 7.11 Å². The van der Waals surface area contributed by atoms with E-state index in [9.17, 15) is 0 Å². The van der Waals surface area contributed by atoms with Crippen LogP contribution in [-0.2, 0) is 13.5 Å². The van der Waals surface area contributed by atoms with Crippen molar-refractivity contribution >= 4 is 11.0 Å². The van der Waals surface area contributed by atoms with Crippen LogP contribution in [0, 0.1) is 5.92 Å². The van der Waals surface area contributed by atoms with E-state index in [2.05, 4.69) is 23.0 Å². The summed E-state index contributed by atoms with van der Waals surface area (Å²) < 4.78 is 7.50. The second kappa shape index (κ2) is 5.21. The van der Waals surface area contributed by atoms with Crippen molar-refractivity contribution in [3.63, 3.8) is 0 Å². The van der Waals surface area contributed by atoms with Crippen LogP contribution in [-0.4, -0.2) is 29.8 Å². The van der Waals surface area contributed by atoms with E-state index in [4.69, 9.17) is 9.72 Å². The van der Waals surface area contributed by atoms with Crippen LogP contribution in [0.1, 0.15) is 18.7 Å². The molecule has 0 spiro atoms. The van der Waals surface area contributed by atoms with E-state index in [1.807, 2.05) is 12.1 Å². The highest BCUT2D eigenvalue weighted by Gasteiger charge is 2.17. The van der Waals surface area contributed by atoms with Gasteiger partial charge in [0.1, 0.15) is 11.6 Å². The average molecular weight is 259 g/mol. The molecule has 2 heterocycles. The number of imidazole rings is 1. The van der Waals surface area contributed by atoms with Crippen LogP contribution in [0.5, 0.6) is 5.75 Å². The van der Waals surface area contributed by atoms with Crippen LogP contribution in [0.4, 0.5) is 0 Å². The number of aryl methyl sites for hydroxylation is 1.